The van der Waals surface area contributed by atoms with E-state index in [0.717, 1.165) is 29.6 Å². The van der Waals surface area contributed by atoms with Gasteiger partial charge in [0, 0.05) is 11.7 Å². The predicted octanol–water partition coefficient (Wildman–Crippen LogP) is 6.17. The van der Waals surface area contributed by atoms with Crippen LogP contribution in [0.1, 0.15) is 40.3 Å². The first-order valence-electron chi connectivity index (χ1n) is 8.34. The maximum Gasteiger partial charge on any atom is 0.416 e. The molecule has 1 saturated heterocycles. The quantitative estimate of drug-likeness (QED) is 0.602. The van der Waals surface area contributed by atoms with Gasteiger partial charge in [0.2, 0.25) is 0 Å². The molecule has 0 unspecified atom stereocenters. The molecular formula is C19H18ClF3N2OS. The van der Waals surface area contributed by atoms with Crippen LogP contribution in [0.3, 0.4) is 0 Å². The van der Waals surface area contributed by atoms with Crippen molar-refractivity contribution in [2.45, 2.75) is 44.8 Å². The van der Waals surface area contributed by atoms with Crippen LogP contribution in [0, 0.1) is 13.8 Å². The monoisotopic (exact) mass is 414 g/mol. The van der Waals surface area contributed by atoms with Crippen LogP contribution in [0.25, 0.3) is 0 Å². The summed E-state index contributed by atoms with van der Waals surface area (Å²) in [7, 11) is 0. The van der Waals surface area contributed by atoms with Crippen LogP contribution in [0.15, 0.2) is 30.3 Å². The Morgan fingerprint density at radius 1 is 1.22 bits per heavy atom. The molecule has 1 fully saturated rings. The molecule has 1 aliphatic rings. The Balaban J connectivity index is 1.89. The Kier molecular flexibility index (Phi) is 5.45. The van der Waals surface area contributed by atoms with E-state index in [1.165, 1.54) is 0 Å². The molecule has 1 aromatic carbocycles. The molecule has 0 aliphatic carbocycles. The Labute approximate surface area is 164 Å². The van der Waals surface area contributed by atoms with Gasteiger partial charge in [0.1, 0.15) is 0 Å². The second kappa shape index (κ2) is 7.36. The van der Waals surface area contributed by atoms with Crippen LogP contribution in [0.2, 0.25) is 5.02 Å². The summed E-state index contributed by atoms with van der Waals surface area (Å²) in [5.41, 5.74) is 1.69. The van der Waals surface area contributed by atoms with Crippen LogP contribution >= 0.6 is 23.4 Å². The maximum absolute atomic E-state index is 13.1. The zero-order valence-corrected chi connectivity index (χ0v) is 16.5. The minimum atomic E-state index is -4.42. The van der Waals surface area contributed by atoms with Gasteiger partial charge < -0.3 is 4.90 Å². The molecule has 2 aromatic rings. The number of aromatic nitrogens is 1. The molecule has 144 valence electrons. The Morgan fingerprint density at radius 2 is 1.93 bits per heavy atom. The number of thioether (sulfide) groups is 1. The number of hydrogen-bond acceptors (Lipinski definition) is 3. The van der Waals surface area contributed by atoms with Crippen molar-refractivity contribution in [3.8, 4) is 0 Å². The summed E-state index contributed by atoms with van der Waals surface area (Å²) >= 11 is 7.22. The van der Waals surface area contributed by atoms with Crippen LogP contribution < -0.4 is 0 Å². The fraction of sp³-hybridized carbons (Fsp3) is 0.368. The molecule has 0 spiro atoms. The molecule has 2 atom stereocenters. The third kappa shape index (κ3) is 4.24. The molecule has 0 N–H and O–H groups in total. The van der Waals surface area contributed by atoms with E-state index in [-0.39, 0.29) is 23.1 Å². The summed E-state index contributed by atoms with van der Waals surface area (Å²) in [5, 5.41) is -0.118. The Hall–Kier alpha value is -1.73. The van der Waals surface area contributed by atoms with E-state index >= 15 is 0 Å². The molecule has 3 rings (SSSR count). The molecule has 1 aromatic heterocycles. The van der Waals surface area contributed by atoms with Gasteiger partial charge in [0.25, 0.3) is 5.24 Å². The summed E-state index contributed by atoms with van der Waals surface area (Å²) < 4.78 is 39.4. The molecule has 1 aliphatic heterocycles. The van der Waals surface area contributed by atoms with Gasteiger partial charge in [-0.2, -0.15) is 13.2 Å². The number of carbonyl (C=O) groups excluding carboxylic acids is 1. The molecule has 3 nitrogen and oxygen atoms in total. The molecule has 1 amide bonds. The molecule has 2 heterocycles. The topological polar surface area (TPSA) is 33.2 Å². The summed E-state index contributed by atoms with van der Waals surface area (Å²) in [6, 6.07) is 7.18. The van der Waals surface area contributed by atoms with Crippen molar-refractivity contribution in [3.63, 3.8) is 0 Å². The number of aryl methyl sites for hydroxylation is 2. The van der Waals surface area contributed by atoms with Gasteiger partial charge >= 0.3 is 6.18 Å². The zero-order chi connectivity index (χ0) is 19.9. The third-order valence-electron chi connectivity index (χ3n) is 4.53. The highest BCUT2D eigenvalue weighted by molar-refractivity contribution is 8.14. The highest BCUT2D eigenvalue weighted by Gasteiger charge is 2.40. The first kappa shape index (κ1) is 20.0. The predicted molar refractivity (Wildman–Crippen MR) is 101 cm³/mol. The van der Waals surface area contributed by atoms with E-state index in [1.54, 1.807) is 30.0 Å². The highest BCUT2D eigenvalue weighted by atomic mass is 35.5. The lowest BCUT2D eigenvalue weighted by atomic mass is 10.00. The Morgan fingerprint density at radius 3 is 2.59 bits per heavy atom. The molecule has 8 heteroatoms. The molecule has 0 radical (unpaired) electrons. The smallest absolute Gasteiger partial charge is 0.323 e. The largest absolute Gasteiger partial charge is 0.416 e. The van der Waals surface area contributed by atoms with Gasteiger partial charge in [-0.25, -0.2) is 0 Å². The fourth-order valence-electron chi connectivity index (χ4n) is 3.17. The van der Waals surface area contributed by atoms with Gasteiger partial charge in [-0.15, -0.1) is 0 Å². The fourth-order valence-corrected chi connectivity index (χ4v) is 4.53. The lowest BCUT2D eigenvalue weighted by molar-refractivity contribution is -0.137. The number of hydrogen-bond donors (Lipinski definition) is 0. The normalized spacial score (nSPS) is 20.4. The number of amides is 1. The summed E-state index contributed by atoms with van der Waals surface area (Å²) in [5.74, 6) is 0. The van der Waals surface area contributed by atoms with Crippen molar-refractivity contribution >= 4 is 28.6 Å². The maximum atomic E-state index is 13.1. The van der Waals surface area contributed by atoms with E-state index in [4.69, 9.17) is 11.6 Å². The lowest BCUT2D eigenvalue weighted by Crippen LogP contribution is -2.31. The number of carbonyl (C=O) groups is 1. The minimum absolute atomic E-state index is 0.193. The van der Waals surface area contributed by atoms with E-state index < -0.39 is 11.7 Å². The zero-order valence-electron chi connectivity index (χ0n) is 15.0. The van der Waals surface area contributed by atoms with Crippen molar-refractivity contribution in [2.75, 3.05) is 0 Å². The molecule has 0 bridgehead atoms. The molecule has 27 heavy (non-hydrogen) atoms. The molecule has 0 saturated carbocycles. The van der Waals surface area contributed by atoms with E-state index in [0.29, 0.717) is 21.8 Å². The van der Waals surface area contributed by atoms with Crippen LogP contribution in [-0.2, 0) is 12.7 Å². The summed E-state index contributed by atoms with van der Waals surface area (Å²) in [6.45, 7) is 5.51. The number of alkyl halides is 3. The average Bonchev–Trinajstić information content (AvgIpc) is 2.85. The standard InChI is InChI=1S/C19H18ClF3N2OS/c1-10-6-13(8-14(7-10)19(21,22)23)17-12(3)25(18(26)27-17)9-16-15(20)5-4-11(2)24-16/h4-8,12,17H,9H2,1-3H3/t12-,17-/m0/s1. The molecular weight excluding hydrogens is 397 g/mol. The first-order valence-corrected chi connectivity index (χ1v) is 9.60. The van der Waals surface area contributed by atoms with Crippen LogP contribution in [-0.4, -0.2) is 21.2 Å². The number of benzene rings is 1. The van der Waals surface area contributed by atoms with Crippen molar-refractivity contribution in [2.24, 2.45) is 0 Å². The second-order valence-corrected chi connectivity index (χ2v) is 8.18. The number of nitrogens with zero attached hydrogens (tertiary/aromatic N) is 2. The van der Waals surface area contributed by atoms with Gasteiger partial charge in [-0.05, 0) is 50.6 Å². The van der Waals surface area contributed by atoms with Crippen LogP contribution in [0.4, 0.5) is 18.0 Å². The number of rotatable bonds is 3. The average molecular weight is 415 g/mol. The van der Waals surface area contributed by atoms with Crippen molar-refractivity contribution < 1.29 is 18.0 Å². The van der Waals surface area contributed by atoms with Gasteiger partial charge in [-0.3, -0.25) is 9.78 Å². The number of pyridine rings is 1. The highest BCUT2D eigenvalue weighted by Crippen LogP contribution is 2.45. The third-order valence-corrected chi connectivity index (χ3v) is 6.23. The minimum Gasteiger partial charge on any atom is -0.323 e. The van der Waals surface area contributed by atoms with E-state index in [1.807, 2.05) is 13.8 Å². The summed E-state index contributed by atoms with van der Waals surface area (Å²) in [4.78, 5) is 18.5. The van der Waals surface area contributed by atoms with Crippen molar-refractivity contribution in [1.82, 2.24) is 9.88 Å². The number of halogens is 4. The van der Waals surface area contributed by atoms with E-state index in [2.05, 4.69) is 4.98 Å². The Bertz CT molecular complexity index is 888. The lowest BCUT2D eigenvalue weighted by Gasteiger charge is -2.24. The van der Waals surface area contributed by atoms with Crippen molar-refractivity contribution in [3.05, 3.63) is 63.4 Å². The van der Waals surface area contributed by atoms with Gasteiger partial charge in [0.15, 0.2) is 0 Å². The van der Waals surface area contributed by atoms with Gasteiger partial charge in [-0.1, -0.05) is 35.0 Å². The van der Waals surface area contributed by atoms with Gasteiger partial charge in [0.05, 0.1) is 28.1 Å². The SMILES string of the molecule is Cc1cc([C@H]2SC(=O)N(Cc3nc(C)ccc3Cl)[C@H]2C)cc(C(F)(F)F)c1. The van der Waals surface area contributed by atoms with Crippen LogP contribution in [0.5, 0.6) is 0 Å². The summed E-state index contributed by atoms with van der Waals surface area (Å²) in [6.07, 6.45) is -4.42. The van der Waals surface area contributed by atoms with E-state index in [9.17, 15) is 18.0 Å². The van der Waals surface area contributed by atoms with Crippen molar-refractivity contribution in [1.29, 1.82) is 0 Å². The second-order valence-electron chi connectivity index (χ2n) is 6.68. The first-order chi connectivity index (χ1) is 12.6.